The van der Waals surface area contributed by atoms with Crippen molar-refractivity contribution in [1.29, 1.82) is 0 Å². The lowest BCUT2D eigenvalue weighted by Gasteiger charge is -2.10. The monoisotopic (exact) mass is 369 g/mol. The number of carbonyl (C=O) groups excluding carboxylic acids is 2. The number of amides is 2. The Morgan fingerprint density at radius 3 is 2.70 bits per heavy atom. The summed E-state index contributed by atoms with van der Waals surface area (Å²) >= 11 is 0. The first-order valence-electron chi connectivity index (χ1n) is 8.51. The average molecular weight is 369 g/mol. The van der Waals surface area contributed by atoms with Crippen LogP contribution in [0.2, 0.25) is 0 Å². The van der Waals surface area contributed by atoms with E-state index >= 15 is 0 Å². The Morgan fingerprint density at radius 1 is 1.22 bits per heavy atom. The predicted octanol–water partition coefficient (Wildman–Crippen LogP) is 2.81. The first kappa shape index (κ1) is 18.4. The molecule has 1 saturated carbocycles. The lowest BCUT2D eigenvalue weighted by Crippen LogP contribution is -2.25. The number of rotatable bonds is 7. The molecule has 2 amide bonds. The lowest BCUT2D eigenvalue weighted by atomic mass is 10.2. The maximum Gasteiger partial charge on any atom is 0.310 e. The van der Waals surface area contributed by atoms with E-state index in [1.54, 1.807) is 37.3 Å². The molecule has 1 aliphatic rings. The molecule has 8 nitrogen and oxygen atoms in total. The average Bonchev–Trinajstić information content (AvgIpc) is 3.44. The molecule has 0 aromatic heterocycles. The molecule has 0 radical (unpaired) electrons. The van der Waals surface area contributed by atoms with Crippen molar-refractivity contribution in [3.05, 3.63) is 63.7 Å². The fourth-order valence-corrected chi connectivity index (χ4v) is 2.46. The summed E-state index contributed by atoms with van der Waals surface area (Å²) in [5, 5.41) is 16.5. The fourth-order valence-electron chi connectivity index (χ4n) is 2.46. The van der Waals surface area contributed by atoms with E-state index in [9.17, 15) is 19.7 Å². The molecule has 2 aromatic rings. The van der Waals surface area contributed by atoms with Gasteiger partial charge < -0.3 is 15.4 Å². The Morgan fingerprint density at radius 2 is 2.00 bits per heavy atom. The minimum absolute atomic E-state index is 0.0349. The summed E-state index contributed by atoms with van der Waals surface area (Å²) in [7, 11) is 0. The van der Waals surface area contributed by atoms with E-state index in [2.05, 4.69) is 10.6 Å². The van der Waals surface area contributed by atoms with E-state index in [1.165, 1.54) is 12.1 Å². The number of carbonyl (C=O) groups is 2. The molecule has 8 heteroatoms. The zero-order valence-electron chi connectivity index (χ0n) is 14.7. The maximum absolute atomic E-state index is 12.1. The molecule has 2 aromatic carbocycles. The molecular formula is C19H19N3O5. The van der Waals surface area contributed by atoms with Crippen LogP contribution >= 0.6 is 0 Å². The molecule has 0 heterocycles. The Labute approximate surface area is 155 Å². The molecule has 0 saturated heterocycles. The second-order valence-corrected chi connectivity index (χ2v) is 6.39. The van der Waals surface area contributed by atoms with Crippen molar-refractivity contribution in [3.63, 3.8) is 0 Å². The molecule has 1 aliphatic carbocycles. The maximum atomic E-state index is 12.1. The summed E-state index contributed by atoms with van der Waals surface area (Å²) < 4.78 is 5.32. The molecular weight excluding hydrogens is 350 g/mol. The van der Waals surface area contributed by atoms with Gasteiger partial charge in [0.25, 0.3) is 11.8 Å². The molecule has 0 spiro atoms. The topological polar surface area (TPSA) is 111 Å². The molecule has 2 N–H and O–H groups in total. The number of nitro groups is 1. The number of aryl methyl sites for hydroxylation is 1. The summed E-state index contributed by atoms with van der Waals surface area (Å²) in [4.78, 5) is 34.7. The van der Waals surface area contributed by atoms with Crippen LogP contribution in [0.25, 0.3) is 0 Å². The minimum Gasteiger partial charge on any atom is -0.477 e. The standard InChI is InChI=1S/C19H19N3O5/c1-12-5-8-16(22(25)26)17(9-12)27-11-18(23)20-15-4-2-3-13(10-15)19(24)21-14-6-7-14/h2-5,8-10,14H,6-7,11H2,1H3,(H,20,23)(H,21,24). The molecule has 1 fully saturated rings. The second kappa shape index (κ2) is 7.86. The summed E-state index contributed by atoms with van der Waals surface area (Å²) in [5.74, 6) is -0.626. The van der Waals surface area contributed by atoms with Gasteiger partial charge >= 0.3 is 5.69 Å². The van der Waals surface area contributed by atoms with Crippen molar-refractivity contribution >= 4 is 23.2 Å². The van der Waals surface area contributed by atoms with Gasteiger partial charge in [-0.05, 0) is 49.6 Å². The van der Waals surface area contributed by atoms with Crippen LogP contribution in [0.5, 0.6) is 5.75 Å². The first-order chi connectivity index (χ1) is 12.9. The number of hydrogen-bond acceptors (Lipinski definition) is 5. The van der Waals surface area contributed by atoms with E-state index in [0.717, 1.165) is 18.4 Å². The summed E-state index contributed by atoms with van der Waals surface area (Å²) in [6, 6.07) is 11.3. The van der Waals surface area contributed by atoms with E-state index in [1.807, 2.05) is 0 Å². The number of nitro benzene ring substituents is 1. The van der Waals surface area contributed by atoms with Gasteiger partial charge in [-0.2, -0.15) is 0 Å². The normalized spacial score (nSPS) is 12.9. The molecule has 27 heavy (non-hydrogen) atoms. The van der Waals surface area contributed by atoms with E-state index in [4.69, 9.17) is 4.74 Å². The highest BCUT2D eigenvalue weighted by Gasteiger charge is 2.24. The minimum atomic E-state index is -0.561. The third kappa shape index (κ3) is 5.04. The first-order valence-corrected chi connectivity index (χ1v) is 8.51. The quantitative estimate of drug-likeness (QED) is 0.576. The van der Waals surface area contributed by atoms with Crippen molar-refractivity contribution < 1.29 is 19.2 Å². The summed E-state index contributed by atoms with van der Waals surface area (Å²) in [6.07, 6.45) is 1.98. The van der Waals surface area contributed by atoms with Gasteiger partial charge in [0.2, 0.25) is 0 Å². The van der Waals surface area contributed by atoms with Crippen molar-refractivity contribution in [3.8, 4) is 5.75 Å². The van der Waals surface area contributed by atoms with E-state index in [0.29, 0.717) is 11.3 Å². The zero-order valence-corrected chi connectivity index (χ0v) is 14.7. The van der Waals surface area contributed by atoms with Crippen LogP contribution in [-0.4, -0.2) is 29.4 Å². The molecule has 0 aliphatic heterocycles. The van der Waals surface area contributed by atoms with Crippen LogP contribution in [0.1, 0.15) is 28.8 Å². The van der Waals surface area contributed by atoms with Crippen molar-refractivity contribution in [1.82, 2.24) is 5.32 Å². The summed E-state index contributed by atoms with van der Waals surface area (Å²) in [5.41, 5.74) is 1.48. The van der Waals surface area contributed by atoms with Crippen LogP contribution in [0.3, 0.4) is 0 Å². The van der Waals surface area contributed by atoms with E-state index in [-0.39, 0.29) is 30.0 Å². The van der Waals surface area contributed by atoms with Gasteiger partial charge in [0, 0.05) is 23.4 Å². The molecule has 0 unspecified atom stereocenters. The van der Waals surface area contributed by atoms with Gasteiger partial charge in [0.1, 0.15) is 0 Å². The molecule has 140 valence electrons. The number of anilines is 1. The van der Waals surface area contributed by atoms with Gasteiger partial charge in [0.05, 0.1) is 4.92 Å². The number of nitrogens with zero attached hydrogens (tertiary/aromatic N) is 1. The van der Waals surface area contributed by atoms with Crippen LogP contribution in [0.15, 0.2) is 42.5 Å². The number of hydrogen-bond donors (Lipinski definition) is 2. The van der Waals surface area contributed by atoms with Gasteiger partial charge in [-0.1, -0.05) is 12.1 Å². The Bertz CT molecular complexity index is 893. The van der Waals surface area contributed by atoms with Gasteiger partial charge in [-0.15, -0.1) is 0 Å². The third-order valence-electron chi connectivity index (χ3n) is 3.99. The SMILES string of the molecule is Cc1ccc([N+](=O)[O-])c(OCC(=O)Nc2cccc(C(=O)NC3CC3)c2)c1. The molecule has 3 rings (SSSR count). The lowest BCUT2D eigenvalue weighted by molar-refractivity contribution is -0.385. The van der Waals surface area contributed by atoms with Gasteiger partial charge in [-0.3, -0.25) is 19.7 Å². The Hall–Kier alpha value is -3.42. The van der Waals surface area contributed by atoms with Crippen LogP contribution in [0.4, 0.5) is 11.4 Å². The van der Waals surface area contributed by atoms with Crippen LogP contribution in [-0.2, 0) is 4.79 Å². The predicted molar refractivity (Wildman–Crippen MR) is 98.9 cm³/mol. The largest absolute Gasteiger partial charge is 0.477 e. The Balaban J connectivity index is 1.60. The van der Waals surface area contributed by atoms with Crippen LogP contribution in [0, 0.1) is 17.0 Å². The van der Waals surface area contributed by atoms with Gasteiger partial charge in [0.15, 0.2) is 12.4 Å². The number of nitrogens with one attached hydrogen (secondary N) is 2. The van der Waals surface area contributed by atoms with Crippen molar-refractivity contribution in [2.24, 2.45) is 0 Å². The third-order valence-corrected chi connectivity index (χ3v) is 3.99. The number of benzene rings is 2. The highest BCUT2D eigenvalue weighted by Crippen LogP contribution is 2.27. The highest BCUT2D eigenvalue weighted by molar-refractivity contribution is 5.97. The van der Waals surface area contributed by atoms with Gasteiger partial charge in [-0.25, -0.2) is 0 Å². The van der Waals surface area contributed by atoms with Crippen molar-refractivity contribution in [2.75, 3.05) is 11.9 Å². The van der Waals surface area contributed by atoms with Crippen molar-refractivity contribution in [2.45, 2.75) is 25.8 Å². The smallest absolute Gasteiger partial charge is 0.310 e. The van der Waals surface area contributed by atoms with E-state index < -0.39 is 10.8 Å². The second-order valence-electron chi connectivity index (χ2n) is 6.39. The number of ether oxygens (including phenoxy) is 1. The zero-order chi connectivity index (χ0) is 19.4. The molecule has 0 bridgehead atoms. The molecule has 0 atom stereocenters. The van der Waals surface area contributed by atoms with Crippen LogP contribution < -0.4 is 15.4 Å². The summed E-state index contributed by atoms with van der Waals surface area (Å²) in [6.45, 7) is 1.39. The Kier molecular flexibility index (Phi) is 5.35. The highest BCUT2D eigenvalue weighted by atomic mass is 16.6. The fraction of sp³-hybridized carbons (Fsp3) is 0.263.